The molecule has 1 fully saturated rings. The molecule has 0 aliphatic carbocycles. The molecular weight excluding hydrogens is 301 g/mol. The van der Waals surface area contributed by atoms with Gasteiger partial charge in [-0.25, -0.2) is 5.01 Å². The van der Waals surface area contributed by atoms with Gasteiger partial charge in [-0.05, 0) is 37.1 Å². The molecule has 8 heteroatoms. The van der Waals surface area contributed by atoms with Crippen LogP contribution in [0.2, 0.25) is 0 Å². The maximum Gasteiger partial charge on any atom is 0.573 e. The summed E-state index contributed by atoms with van der Waals surface area (Å²) in [7, 11) is 0. The Morgan fingerprint density at radius 3 is 2.23 bits per heavy atom. The molecule has 0 spiro atoms. The SMILES string of the molecule is CC(=O)NN1CCC(Oc2ccc(OC(F)(F)F)cc2)CC1. The predicted molar refractivity (Wildman–Crippen MR) is 72.2 cm³/mol. The van der Waals surface area contributed by atoms with Crippen LogP contribution in [0.1, 0.15) is 19.8 Å². The summed E-state index contributed by atoms with van der Waals surface area (Å²) in [6.07, 6.45) is -3.28. The van der Waals surface area contributed by atoms with Gasteiger partial charge in [-0.15, -0.1) is 13.2 Å². The maximum absolute atomic E-state index is 12.1. The zero-order chi connectivity index (χ0) is 16.2. The van der Waals surface area contributed by atoms with Gasteiger partial charge in [0.05, 0.1) is 0 Å². The zero-order valence-electron chi connectivity index (χ0n) is 12.0. The van der Waals surface area contributed by atoms with Crippen molar-refractivity contribution in [3.63, 3.8) is 0 Å². The molecule has 1 aliphatic heterocycles. The van der Waals surface area contributed by atoms with Crippen LogP contribution in [-0.2, 0) is 4.79 Å². The summed E-state index contributed by atoms with van der Waals surface area (Å²) in [4.78, 5) is 10.9. The number of carbonyl (C=O) groups is 1. The topological polar surface area (TPSA) is 50.8 Å². The van der Waals surface area contributed by atoms with Gasteiger partial charge in [0.15, 0.2) is 0 Å². The van der Waals surface area contributed by atoms with Crippen molar-refractivity contribution in [3.05, 3.63) is 24.3 Å². The second-order valence-corrected chi connectivity index (χ2v) is 4.99. The van der Waals surface area contributed by atoms with E-state index in [9.17, 15) is 18.0 Å². The first kappa shape index (κ1) is 16.4. The lowest BCUT2D eigenvalue weighted by Crippen LogP contribution is -2.47. The van der Waals surface area contributed by atoms with Gasteiger partial charge in [0.2, 0.25) is 5.91 Å². The Morgan fingerprint density at radius 2 is 1.73 bits per heavy atom. The van der Waals surface area contributed by atoms with Crippen LogP contribution in [-0.4, -0.2) is 36.5 Å². The van der Waals surface area contributed by atoms with Crippen molar-refractivity contribution in [1.82, 2.24) is 10.4 Å². The molecule has 0 unspecified atom stereocenters. The fraction of sp³-hybridized carbons (Fsp3) is 0.500. The number of piperidine rings is 1. The Hall–Kier alpha value is -1.96. The molecule has 0 bridgehead atoms. The van der Waals surface area contributed by atoms with E-state index < -0.39 is 6.36 Å². The molecule has 0 aromatic heterocycles. The predicted octanol–water partition coefficient (Wildman–Crippen LogP) is 2.48. The minimum Gasteiger partial charge on any atom is -0.490 e. The Morgan fingerprint density at radius 1 is 1.18 bits per heavy atom. The lowest BCUT2D eigenvalue weighted by atomic mass is 10.1. The van der Waals surface area contributed by atoms with E-state index in [4.69, 9.17) is 4.74 Å². The summed E-state index contributed by atoms with van der Waals surface area (Å²) in [5.74, 6) is 0.104. The molecule has 1 amide bonds. The number of carbonyl (C=O) groups excluding carboxylic acids is 1. The van der Waals surface area contributed by atoms with Gasteiger partial charge in [-0.1, -0.05) is 0 Å². The fourth-order valence-electron chi connectivity index (χ4n) is 2.22. The van der Waals surface area contributed by atoms with Crippen LogP contribution in [0.15, 0.2) is 24.3 Å². The third-order valence-corrected chi connectivity index (χ3v) is 3.12. The van der Waals surface area contributed by atoms with Crippen molar-refractivity contribution in [2.75, 3.05) is 13.1 Å². The molecule has 122 valence electrons. The highest BCUT2D eigenvalue weighted by Crippen LogP contribution is 2.26. The molecule has 5 nitrogen and oxygen atoms in total. The van der Waals surface area contributed by atoms with Crippen molar-refractivity contribution < 1.29 is 27.4 Å². The van der Waals surface area contributed by atoms with Gasteiger partial charge in [-0.2, -0.15) is 0 Å². The molecule has 1 saturated heterocycles. The van der Waals surface area contributed by atoms with E-state index in [0.29, 0.717) is 18.8 Å². The van der Waals surface area contributed by atoms with E-state index in [-0.39, 0.29) is 17.8 Å². The number of halogens is 3. The summed E-state index contributed by atoms with van der Waals surface area (Å²) < 4.78 is 45.7. The maximum atomic E-state index is 12.1. The molecular formula is C14H17F3N2O3. The highest BCUT2D eigenvalue weighted by Gasteiger charge is 2.31. The van der Waals surface area contributed by atoms with E-state index in [1.165, 1.54) is 31.2 Å². The van der Waals surface area contributed by atoms with E-state index in [2.05, 4.69) is 10.2 Å². The lowest BCUT2D eigenvalue weighted by molar-refractivity contribution is -0.274. The Balaban J connectivity index is 1.81. The number of hydrogen-bond donors (Lipinski definition) is 1. The Labute approximate surface area is 126 Å². The second kappa shape index (κ2) is 6.87. The Kier molecular flexibility index (Phi) is 5.12. The standard InChI is InChI=1S/C14H17F3N2O3/c1-10(20)18-19-8-6-12(7-9-19)21-11-2-4-13(5-3-11)22-14(15,16)17/h2-5,12H,6-9H2,1H3,(H,18,20). The quantitative estimate of drug-likeness (QED) is 0.927. The number of alkyl halides is 3. The number of amides is 1. The number of hydrogen-bond acceptors (Lipinski definition) is 4. The first-order chi connectivity index (χ1) is 10.3. The first-order valence-corrected chi connectivity index (χ1v) is 6.86. The highest BCUT2D eigenvalue weighted by atomic mass is 19.4. The molecule has 0 saturated carbocycles. The summed E-state index contributed by atoms with van der Waals surface area (Å²) in [5.41, 5.74) is 2.71. The average molecular weight is 318 g/mol. The second-order valence-electron chi connectivity index (χ2n) is 4.99. The molecule has 1 N–H and O–H groups in total. The zero-order valence-corrected chi connectivity index (χ0v) is 12.0. The van der Waals surface area contributed by atoms with Crippen molar-refractivity contribution in [1.29, 1.82) is 0 Å². The van der Waals surface area contributed by atoms with E-state index in [0.717, 1.165) is 12.8 Å². The minimum atomic E-state index is -4.70. The van der Waals surface area contributed by atoms with E-state index >= 15 is 0 Å². The lowest BCUT2D eigenvalue weighted by Gasteiger charge is -2.31. The van der Waals surface area contributed by atoms with Crippen LogP contribution in [0, 0.1) is 0 Å². The van der Waals surface area contributed by atoms with Gasteiger partial charge in [0.25, 0.3) is 0 Å². The summed E-state index contributed by atoms with van der Waals surface area (Å²) >= 11 is 0. The van der Waals surface area contributed by atoms with Crippen LogP contribution in [0.4, 0.5) is 13.2 Å². The molecule has 0 atom stereocenters. The van der Waals surface area contributed by atoms with Crippen molar-refractivity contribution in [2.45, 2.75) is 32.2 Å². The number of benzene rings is 1. The van der Waals surface area contributed by atoms with Gasteiger partial charge in [0.1, 0.15) is 17.6 Å². The molecule has 1 aromatic carbocycles. The van der Waals surface area contributed by atoms with Gasteiger partial charge >= 0.3 is 6.36 Å². The number of rotatable bonds is 4. The minimum absolute atomic E-state index is 0.0283. The highest BCUT2D eigenvalue weighted by molar-refractivity contribution is 5.72. The van der Waals surface area contributed by atoms with E-state index in [1.54, 1.807) is 0 Å². The van der Waals surface area contributed by atoms with Crippen molar-refractivity contribution >= 4 is 5.91 Å². The average Bonchev–Trinajstić information content (AvgIpc) is 2.41. The Bertz CT molecular complexity index is 497. The van der Waals surface area contributed by atoms with E-state index in [1.807, 2.05) is 5.01 Å². The molecule has 0 radical (unpaired) electrons. The van der Waals surface area contributed by atoms with Gasteiger partial charge in [0, 0.05) is 20.0 Å². The number of hydrazine groups is 1. The number of nitrogens with one attached hydrogen (secondary N) is 1. The number of ether oxygens (including phenoxy) is 2. The third-order valence-electron chi connectivity index (χ3n) is 3.12. The molecule has 1 aromatic rings. The van der Waals surface area contributed by atoms with Crippen LogP contribution in [0.3, 0.4) is 0 Å². The monoisotopic (exact) mass is 318 g/mol. The van der Waals surface area contributed by atoms with Crippen LogP contribution in [0.5, 0.6) is 11.5 Å². The van der Waals surface area contributed by atoms with Crippen molar-refractivity contribution in [3.8, 4) is 11.5 Å². The summed E-state index contributed by atoms with van der Waals surface area (Å²) in [5, 5.41) is 1.82. The number of nitrogens with zero attached hydrogens (tertiary/aromatic N) is 1. The largest absolute Gasteiger partial charge is 0.573 e. The normalized spacial score (nSPS) is 17.1. The van der Waals surface area contributed by atoms with Crippen molar-refractivity contribution in [2.24, 2.45) is 0 Å². The van der Waals surface area contributed by atoms with Crippen LogP contribution < -0.4 is 14.9 Å². The third kappa shape index (κ3) is 5.44. The molecule has 1 heterocycles. The summed E-state index contributed by atoms with van der Waals surface area (Å²) in [6, 6.07) is 5.33. The van der Waals surface area contributed by atoms with Gasteiger partial charge in [-0.3, -0.25) is 10.2 Å². The summed E-state index contributed by atoms with van der Waals surface area (Å²) in [6.45, 7) is 2.78. The van der Waals surface area contributed by atoms with Crippen LogP contribution >= 0.6 is 0 Å². The molecule has 2 rings (SSSR count). The van der Waals surface area contributed by atoms with Gasteiger partial charge < -0.3 is 9.47 Å². The first-order valence-electron chi connectivity index (χ1n) is 6.86. The molecule has 1 aliphatic rings. The smallest absolute Gasteiger partial charge is 0.490 e. The van der Waals surface area contributed by atoms with Crippen LogP contribution in [0.25, 0.3) is 0 Å². The fourth-order valence-corrected chi connectivity index (χ4v) is 2.22. The molecule has 22 heavy (non-hydrogen) atoms.